The van der Waals surface area contributed by atoms with Crippen LogP contribution in [-0.4, -0.2) is 16.0 Å². The normalized spacial score (nSPS) is 18.6. The summed E-state index contributed by atoms with van der Waals surface area (Å²) in [4.78, 5) is 9.14. The van der Waals surface area contributed by atoms with E-state index in [-0.39, 0.29) is 0 Å². The Labute approximate surface area is 163 Å². The smallest absolute Gasteiger partial charge is 0.223 e. The maximum Gasteiger partial charge on any atom is 0.223 e. The molecule has 0 unspecified atom stereocenters. The second-order valence-electron chi connectivity index (χ2n) is 6.80. The van der Waals surface area contributed by atoms with Crippen LogP contribution >= 0.6 is 11.8 Å². The lowest BCUT2D eigenvalue weighted by Crippen LogP contribution is -2.17. The molecule has 5 nitrogen and oxygen atoms in total. The quantitative estimate of drug-likeness (QED) is 0.757. The van der Waals surface area contributed by atoms with Crippen LogP contribution in [0.4, 0.5) is 5.95 Å². The van der Waals surface area contributed by atoms with Crippen LogP contribution in [0, 0.1) is 18.3 Å². The Balaban J connectivity index is 1.60. The summed E-state index contributed by atoms with van der Waals surface area (Å²) in [6.07, 6.45) is 4.80. The highest BCUT2D eigenvalue weighted by atomic mass is 32.2. The first-order valence-corrected chi connectivity index (χ1v) is 10.1. The van der Waals surface area contributed by atoms with Gasteiger partial charge in [-0.1, -0.05) is 54.9 Å². The van der Waals surface area contributed by atoms with Crippen LogP contribution in [0.1, 0.15) is 42.6 Å². The van der Waals surface area contributed by atoms with E-state index in [1.807, 2.05) is 48.7 Å². The van der Waals surface area contributed by atoms with Gasteiger partial charge >= 0.3 is 0 Å². The van der Waals surface area contributed by atoms with Gasteiger partial charge in [-0.3, -0.25) is 0 Å². The molecule has 2 aromatic rings. The van der Waals surface area contributed by atoms with Crippen molar-refractivity contribution in [1.29, 1.82) is 5.26 Å². The highest BCUT2D eigenvalue weighted by Crippen LogP contribution is 2.34. The van der Waals surface area contributed by atoms with Crippen molar-refractivity contribution < 1.29 is 0 Å². The average molecular weight is 376 g/mol. The van der Waals surface area contributed by atoms with E-state index in [1.165, 1.54) is 24.6 Å². The van der Waals surface area contributed by atoms with Gasteiger partial charge in [0.2, 0.25) is 5.95 Å². The molecule has 0 amide bonds. The first-order valence-electron chi connectivity index (χ1n) is 9.19. The van der Waals surface area contributed by atoms with E-state index in [2.05, 4.69) is 26.7 Å². The van der Waals surface area contributed by atoms with Gasteiger partial charge in [0, 0.05) is 17.1 Å². The predicted molar refractivity (Wildman–Crippen MR) is 110 cm³/mol. The summed E-state index contributed by atoms with van der Waals surface area (Å²) in [7, 11) is 0. The zero-order valence-corrected chi connectivity index (χ0v) is 16.0. The zero-order valence-electron chi connectivity index (χ0n) is 15.2. The Hall–Kier alpha value is -2.78. The molecule has 1 aliphatic heterocycles. The molecular weight excluding hydrogens is 354 g/mol. The molecule has 2 heterocycles. The summed E-state index contributed by atoms with van der Waals surface area (Å²) in [6, 6.07) is 14.7. The number of hydrogen-bond acceptors (Lipinski definition) is 6. The molecule has 27 heavy (non-hydrogen) atoms. The van der Waals surface area contributed by atoms with E-state index in [0.717, 1.165) is 34.8 Å². The van der Waals surface area contributed by atoms with Gasteiger partial charge in [-0.15, -0.1) is 0 Å². The number of nitriles is 1. The van der Waals surface area contributed by atoms with E-state index >= 15 is 0 Å². The molecule has 1 aromatic heterocycles. The molecule has 0 spiro atoms. The van der Waals surface area contributed by atoms with Gasteiger partial charge in [0.1, 0.15) is 11.6 Å². The maximum absolute atomic E-state index is 9.80. The van der Waals surface area contributed by atoms with Crippen molar-refractivity contribution in [3.63, 3.8) is 0 Å². The third-order valence-corrected chi connectivity index (χ3v) is 5.66. The first kappa shape index (κ1) is 17.6. The van der Waals surface area contributed by atoms with Gasteiger partial charge < -0.3 is 10.6 Å². The predicted octanol–water partition coefficient (Wildman–Crippen LogP) is 4.67. The van der Waals surface area contributed by atoms with E-state index < -0.39 is 0 Å². The van der Waals surface area contributed by atoms with E-state index in [4.69, 9.17) is 0 Å². The summed E-state index contributed by atoms with van der Waals surface area (Å²) < 4.78 is 0. The molecule has 0 saturated heterocycles. The van der Waals surface area contributed by atoms with Gasteiger partial charge in [0.15, 0.2) is 0 Å². The Kier molecular flexibility index (Phi) is 5.12. The van der Waals surface area contributed by atoms with Crippen LogP contribution in [0.5, 0.6) is 0 Å². The molecule has 0 radical (unpaired) electrons. The molecule has 6 heteroatoms. The molecule has 2 aliphatic rings. The minimum absolute atomic E-state index is 0.433. The van der Waals surface area contributed by atoms with Crippen molar-refractivity contribution in [2.75, 3.05) is 5.32 Å². The van der Waals surface area contributed by atoms with Gasteiger partial charge in [0.05, 0.1) is 16.4 Å². The number of allylic oxidation sites excluding steroid dienone is 1. The zero-order chi connectivity index (χ0) is 18.6. The second-order valence-corrected chi connectivity index (χ2v) is 7.68. The van der Waals surface area contributed by atoms with Crippen LogP contribution in [0.3, 0.4) is 0 Å². The fraction of sp³-hybridized carbons (Fsp3) is 0.286. The molecule has 1 aliphatic carbocycles. The van der Waals surface area contributed by atoms with Crippen LogP contribution in [0.25, 0.3) is 11.3 Å². The molecule has 1 fully saturated rings. The van der Waals surface area contributed by atoms with E-state index in [0.29, 0.717) is 23.3 Å². The number of hydrogen-bond donors (Lipinski definition) is 2. The monoisotopic (exact) mass is 375 g/mol. The summed E-state index contributed by atoms with van der Waals surface area (Å²) in [5.41, 5.74) is 4.15. The number of aromatic nitrogens is 2. The lowest BCUT2D eigenvalue weighted by molar-refractivity contribution is 0.742. The standard InChI is InChI=1S/C21H21N5S/c1-14-11-18(26-21(23-14)24-16-9-5-6-10-16)17(12-22)20-25-19(13-27-20)15-7-3-2-4-8-15/h2-4,7-8,11,13,16,25H,5-6,9-10H2,1H3,(H,23,24,26). The molecule has 136 valence electrons. The third-order valence-electron chi connectivity index (χ3n) is 4.77. The number of rotatable bonds is 4. The van der Waals surface area contributed by atoms with Crippen molar-refractivity contribution in [3.8, 4) is 6.07 Å². The fourth-order valence-corrected chi connectivity index (χ4v) is 4.28. The van der Waals surface area contributed by atoms with Gasteiger partial charge in [-0.2, -0.15) is 5.26 Å². The van der Waals surface area contributed by atoms with E-state index in [1.54, 1.807) is 0 Å². The molecule has 0 atom stereocenters. The third kappa shape index (κ3) is 3.99. The van der Waals surface area contributed by atoms with Crippen LogP contribution in [0.2, 0.25) is 0 Å². The van der Waals surface area contributed by atoms with Gasteiger partial charge in [0.25, 0.3) is 0 Å². The van der Waals surface area contributed by atoms with Crippen molar-refractivity contribution in [1.82, 2.24) is 15.3 Å². The number of nitrogens with zero attached hydrogens (tertiary/aromatic N) is 3. The minimum Gasteiger partial charge on any atom is -0.351 e. The largest absolute Gasteiger partial charge is 0.351 e. The minimum atomic E-state index is 0.433. The first-order chi connectivity index (χ1) is 13.2. The summed E-state index contributed by atoms with van der Waals surface area (Å²) >= 11 is 1.52. The van der Waals surface area contributed by atoms with Crippen molar-refractivity contribution in [2.24, 2.45) is 0 Å². The highest BCUT2D eigenvalue weighted by Gasteiger charge is 2.20. The van der Waals surface area contributed by atoms with Crippen molar-refractivity contribution in [3.05, 3.63) is 63.8 Å². The molecule has 0 bridgehead atoms. The topological polar surface area (TPSA) is 73.6 Å². The molecule has 2 N–H and O–H groups in total. The van der Waals surface area contributed by atoms with E-state index in [9.17, 15) is 5.26 Å². The SMILES string of the molecule is Cc1cc(C(C#N)=C2NC(c3ccccc3)=CS2)nc(NC2CCCC2)n1. The van der Waals surface area contributed by atoms with Crippen LogP contribution in [0.15, 0.2) is 46.8 Å². The van der Waals surface area contributed by atoms with Crippen molar-refractivity contribution in [2.45, 2.75) is 38.6 Å². The van der Waals surface area contributed by atoms with Crippen LogP contribution in [-0.2, 0) is 0 Å². The Morgan fingerprint density at radius 1 is 1.22 bits per heavy atom. The molecule has 1 aromatic carbocycles. The lowest BCUT2D eigenvalue weighted by atomic mass is 10.1. The Morgan fingerprint density at radius 2 is 2.00 bits per heavy atom. The highest BCUT2D eigenvalue weighted by molar-refractivity contribution is 8.06. The Morgan fingerprint density at radius 3 is 2.74 bits per heavy atom. The van der Waals surface area contributed by atoms with Crippen molar-refractivity contribution >= 4 is 29.0 Å². The molecule has 4 rings (SSSR count). The summed E-state index contributed by atoms with van der Waals surface area (Å²) in [6.45, 7) is 1.94. The summed E-state index contributed by atoms with van der Waals surface area (Å²) in [5.74, 6) is 0.615. The number of aryl methyl sites for hydroxylation is 1. The molecule has 1 saturated carbocycles. The second kappa shape index (κ2) is 7.85. The summed E-state index contributed by atoms with van der Waals surface area (Å²) in [5, 5.41) is 19.4. The number of anilines is 1. The van der Waals surface area contributed by atoms with Gasteiger partial charge in [-0.05, 0) is 31.4 Å². The lowest BCUT2D eigenvalue weighted by Gasteiger charge is -2.13. The molecular formula is C21H21N5S. The maximum atomic E-state index is 9.80. The average Bonchev–Trinajstić information content (AvgIpc) is 3.35. The number of thioether (sulfide) groups is 1. The van der Waals surface area contributed by atoms with Gasteiger partial charge in [-0.25, -0.2) is 9.97 Å². The fourth-order valence-electron chi connectivity index (χ4n) is 3.42. The number of benzene rings is 1. The van der Waals surface area contributed by atoms with Crippen LogP contribution < -0.4 is 10.6 Å². The Bertz CT molecular complexity index is 937. The number of nitrogens with one attached hydrogen (secondary N) is 2.